The van der Waals surface area contributed by atoms with Gasteiger partial charge in [0.15, 0.2) is 0 Å². The molecular formula is C22H17NS. The fourth-order valence-electron chi connectivity index (χ4n) is 2.70. The Bertz CT molecular complexity index is 1010. The molecule has 0 aliphatic heterocycles. The van der Waals surface area contributed by atoms with Crippen molar-refractivity contribution in [1.82, 2.24) is 4.98 Å². The summed E-state index contributed by atoms with van der Waals surface area (Å²) in [4.78, 5) is 4.72. The van der Waals surface area contributed by atoms with Crippen molar-refractivity contribution in [3.05, 3.63) is 88.2 Å². The number of thiazole rings is 1. The Kier molecular flexibility index (Phi) is 3.97. The lowest BCUT2D eigenvalue weighted by Gasteiger charge is -1.98. The van der Waals surface area contributed by atoms with Gasteiger partial charge in [-0.1, -0.05) is 72.3 Å². The maximum Gasteiger partial charge on any atom is 0.116 e. The number of hydrogen-bond acceptors (Lipinski definition) is 2. The van der Waals surface area contributed by atoms with Gasteiger partial charge in [-0.2, -0.15) is 0 Å². The molecule has 0 N–H and O–H groups in total. The summed E-state index contributed by atoms with van der Waals surface area (Å²) in [5, 5.41) is 5.67. The Hall–Kier alpha value is -2.71. The Balaban J connectivity index is 1.58. The van der Waals surface area contributed by atoms with Crippen molar-refractivity contribution in [2.24, 2.45) is 0 Å². The number of nitrogens with zero attached hydrogens (tertiary/aromatic N) is 1. The second-order valence-electron chi connectivity index (χ2n) is 5.88. The van der Waals surface area contributed by atoms with Gasteiger partial charge < -0.3 is 0 Å². The van der Waals surface area contributed by atoms with E-state index < -0.39 is 0 Å². The van der Waals surface area contributed by atoms with E-state index in [4.69, 9.17) is 4.98 Å². The van der Waals surface area contributed by atoms with Crippen LogP contribution in [0.5, 0.6) is 0 Å². The highest BCUT2D eigenvalue weighted by molar-refractivity contribution is 7.10. The summed E-state index contributed by atoms with van der Waals surface area (Å²) in [5.74, 6) is 0. The molecule has 2 heteroatoms. The lowest BCUT2D eigenvalue weighted by Crippen LogP contribution is -1.79. The average molecular weight is 327 g/mol. The smallest absolute Gasteiger partial charge is 0.116 e. The average Bonchev–Trinajstić information content (AvgIpc) is 3.09. The summed E-state index contributed by atoms with van der Waals surface area (Å²) in [6.07, 6.45) is 4.22. The molecule has 0 atom stereocenters. The van der Waals surface area contributed by atoms with Crippen molar-refractivity contribution in [1.29, 1.82) is 0 Å². The molecule has 0 unspecified atom stereocenters. The van der Waals surface area contributed by atoms with E-state index in [9.17, 15) is 0 Å². The minimum atomic E-state index is 1.03. The molecule has 0 saturated carbocycles. The third-order valence-corrected chi connectivity index (χ3v) is 4.87. The van der Waals surface area contributed by atoms with Crippen molar-refractivity contribution in [2.75, 3.05) is 0 Å². The number of hydrogen-bond donors (Lipinski definition) is 0. The lowest BCUT2D eigenvalue weighted by atomic mass is 10.1. The van der Waals surface area contributed by atoms with Gasteiger partial charge in [0.25, 0.3) is 0 Å². The molecule has 116 valence electrons. The van der Waals surface area contributed by atoms with Crippen molar-refractivity contribution >= 4 is 34.3 Å². The quantitative estimate of drug-likeness (QED) is 0.422. The van der Waals surface area contributed by atoms with Gasteiger partial charge in [-0.3, -0.25) is 0 Å². The van der Waals surface area contributed by atoms with Crippen molar-refractivity contribution in [3.8, 4) is 11.3 Å². The molecule has 1 aromatic heterocycles. The molecule has 0 amide bonds. The summed E-state index contributed by atoms with van der Waals surface area (Å²) < 4.78 is 0. The number of aryl methyl sites for hydroxylation is 1. The van der Waals surface area contributed by atoms with E-state index in [1.165, 1.54) is 27.5 Å². The zero-order chi connectivity index (χ0) is 16.4. The predicted octanol–water partition coefficient (Wildman–Crippen LogP) is 6.44. The van der Waals surface area contributed by atoms with Crippen LogP contribution in [0, 0.1) is 6.92 Å². The monoisotopic (exact) mass is 327 g/mol. The Morgan fingerprint density at radius 1 is 0.833 bits per heavy atom. The van der Waals surface area contributed by atoms with E-state index in [1.807, 2.05) is 0 Å². The highest BCUT2D eigenvalue weighted by Gasteiger charge is 2.02. The van der Waals surface area contributed by atoms with Crippen LogP contribution in [0.15, 0.2) is 72.1 Å². The normalized spacial score (nSPS) is 11.4. The van der Waals surface area contributed by atoms with Gasteiger partial charge in [-0.15, -0.1) is 11.3 Å². The molecule has 0 aliphatic carbocycles. The molecular weight excluding hydrogens is 310 g/mol. The lowest BCUT2D eigenvalue weighted by molar-refractivity contribution is 1.37. The molecule has 0 fully saturated rings. The van der Waals surface area contributed by atoms with E-state index in [1.54, 1.807) is 11.3 Å². The first-order valence-electron chi connectivity index (χ1n) is 7.97. The number of rotatable bonds is 3. The first-order valence-corrected chi connectivity index (χ1v) is 8.85. The molecule has 0 bridgehead atoms. The Morgan fingerprint density at radius 3 is 2.46 bits per heavy atom. The van der Waals surface area contributed by atoms with Crippen LogP contribution in [0.1, 0.15) is 16.1 Å². The second-order valence-corrected chi connectivity index (χ2v) is 6.77. The van der Waals surface area contributed by atoms with Gasteiger partial charge >= 0.3 is 0 Å². The van der Waals surface area contributed by atoms with Gasteiger partial charge in [0.05, 0.1) is 5.69 Å². The SMILES string of the molecule is Cc1ccc(-c2csc(/C=C/c3ccc4ccccc4c3)n2)cc1. The van der Waals surface area contributed by atoms with E-state index in [-0.39, 0.29) is 0 Å². The summed E-state index contributed by atoms with van der Waals surface area (Å²) in [7, 11) is 0. The first kappa shape index (κ1) is 14.9. The van der Waals surface area contributed by atoms with Crippen LogP contribution in [0.4, 0.5) is 0 Å². The zero-order valence-electron chi connectivity index (χ0n) is 13.4. The van der Waals surface area contributed by atoms with Gasteiger partial charge in [-0.25, -0.2) is 4.98 Å². The zero-order valence-corrected chi connectivity index (χ0v) is 14.3. The number of aromatic nitrogens is 1. The molecule has 0 radical (unpaired) electrons. The highest BCUT2D eigenvalue weighted by Crippen LogP contribution is 2.24. The minimum Gasteiger partial charge on any atom is -0.237 e. The van der Waals surface area contributed by atoms with Crippen LogP contribution in [0.3, 0.4) is 0 Å². The maximum atomic E-state index is 4.72. The largest absolute Gasteiger partial charge is 0.237 e. The Morgan fingerprint density at radius 2 is 1.62 bits per heavy atom. The predicted molar refractivity (Wildman–Crippen MR) is 105 cm³/mol. The fraction of sp³-hybridized carbons (Fsp3) is 0.0455. The molecule has 1 nitrogen and oxygen atoms in total. The van der Waals surface area contributed by atoms with Gasteiger partial charge in [-0.05, 0) is 35.4 Å². The minimum absolute atomic E-state index is 1.03. The van der Waals surface area contributed by atoms with E-state index in [0.29, 0.717) is 0 Å². The van der Waals surface area contributed by atoms with Gasteiger partial charge in [0.2, 0.25) is 0 Å². The number of benzene rings is 3. The summed E-state index contributed by atoms with van der Waals surface area (Å²) in [6, 6.07) is 23.4. The third kappa shape index (κ3) is 3.15. The third-order valence-electron chi connectivity index (χ3n) is 4.06. The van der Waals surface area contributed by atoms with Crippen molar-refractivity contribution in [2.45, 2.75) is 6.92 Å². The van der Waals surface area contributed by atoms with Crippen LogP contribution < -0.4 is 0 Å². The maximum absolute atomic E-state index is 4.72. The van der Waals surface area contributed by atoms with Crippen LogP contribution in [-0.2, 0) is 0 Å². The van der Waals surface area contributed by atoms with Crippen LogP contribution in [-0.4, -0.2) is 4.98 Å². The molecule has 0 spiro atoms. The summed E-state index contributed by atoms with van der Waals surface area (Å²) in [6.45, 7) is 2.10. The second kappa shape index (κ2) is 6.42. The Labute approximate surface area is 145 Å². The molecule has 0 aliphatic rings. The van der Waals surface area contributed by atoms with Crippen LogP contribution in [0.25, 0.3) is 34.2 Å². The van der Waals surface area contributed by atoms with E-state index in [0.717, 1.165) is 10.7 Å². The van der Waals surface area contributed by atoms with Crippen molar-refractivity contribution in [3.63, 3.8) is 0 Å². The van der Waals surface area contributed by atoms with Crippen LogP contribution >= 0.6 is 11.3 Å². The number of fused-ring (bicyclic) bond motifs is 1. The molecule has 24 heavy (non-hydrogen) atoms. The standard InChI is InChI=1S/C22H17NS/c1-16-6-10-19(11-7-16)21-15-24-22(23-21)13-9-17-8-12-18-4-2-3-5-20(18)14-17/h2-15H,1H3/b13-9+. The van der Waals surface area contributed by atoms with Gasteiger partial charge in [0, 0.05) is 10.9 Å². The van der Waals surface area contributed by atoms with E-state index >= 15 is 0 Å². The van der Waals surface area contributed by atoms with Crippen molar-refractivity contribution < 1.29 is 0 Å². The molecule has 4 aromatic rings. The highest BCUT2D eigenvalue weighted by atomic mass is 32.1. The summed E-state index contributed by atoms with van der Waals surface area (Å²) >= 11 is 1.67. The molecule has 4 rings (SSSR count). The summed E-state index contributed by atoms with van der Waals surface area (Å²) in [5.41, 5.74) is 4.67. The molecule has 1 heterocycles. The first-order chi connectivity index (χ1) is 11.8. The molecule has 3 aromatic carbocycles. The van der Waals surface area contributed by atoms with Crippen LogP contribution in [0.2, 0.25) is 0 Å². The van der Waals surface area contributed by atoms with Gasteiger partial charge in [0.1, 0.15) is 5.01 Å². The molecule has 0 saturated heterocycles. The fourth-order valence-corrected chi connectivity index (χ4v) is 3.42. The topological polar surface area (TPSA) is 12.9 Å². The van der Waals surface area contributed by atoms with E-state index in [2.05, 4.69) is 91.2 Å².